The summed E-state index contributed by atoms with van der Waals surface area (Å²) in [6.07, 6.45) is 0. The van der Waals surface area contributed by atoms with E-state index in [4.69, 9.17) is 4.98 Å². The number of thiazole rings is 1. The first-order chi connectivity index (χ1) is 13.0. The number of likely N-dealkylation sites (N-methyl/N-ethyl adjacent to an activating group) is 1. The van der Waals surface area contributed by atoms with E-state index in [1.807, 2.05) is 41.3 Å². The highest BCUT2D eigenvalue weighted by Gasteiger charge is 2.23. The van der Waals surface area contributed by atoms with Crippen LogP contribution in [0, 0.1) is 3.57 Å². The van der Waals surface area contributed by atoms with E-state index in [0.29, 0.717) is 6.54 Å². The van der Waals surface area contributed by atoms with E-state index in [0.717, 1.165) is 48.6 Å². The number of amides is 1. The standard InChI is InChI=1S/C20H21BrIN3OS/c1-3-24(4-2)11-12-25(19(26)15-7-5-6-8-16(15)22)20-23-17-10-9-14(21)13-18(17)27-20/h5-10,13H,3-4,11-12H2,1-2H3. The molecule has 0 spiro atoms. The number of rotatable bonds is 7. The van der Waals surface area contributed by atoms with Crippen LogP contribution < -0.4 is 4.90 Å². The molecule has 7 heteroatoms. The van der Waals surface area contributed by atoms with Crippen molar-refractivity contribution in [1.29, 1.82) is 0 Å². The van der Waals surface area contributed by atoms with Gasteiger partial charge in [0.15, 0.2) is 5.13 Å². The molecule has 0 aliphatic rings. The molecule has 1 amide bonds. The third-order valence-corrected chi connectivity index (χ3v) is 6.93. The quantitative estimate of drug-likeness (QED) is 0.352. The molecular weight excluding hydrogens is 537 g/mol. The van der Waals surface area contributed by atoms with Gasteiger partial charge in [-0.15, -0.1) is 0 Å². The van der Waals surface area contributed by atoms with Crippen LogP contribution in [0.2, 0.25) is 0 Å². The Labute approximate surface area is 185 Å². The summed E-state index contributed by atoms with van der Waals surface area (Å²) in [5, 5.41) is 0.750. The SMILES string of the molecule is CCN(CC)CCN(C(=O)c1ccccc1I)c1nc2ccc(Br)cc2s1. The smallest absolute Gasteiger partial charge is 0.261 e. The molecule has 27 heavy (non-hydrogen) atoms. The number of aromatic nitrogens is 1. The van der Waals surface area contributed by atoms with Gasteiger partial charge in [-0.1, -0.05) is 53.2 Å². The second-order valence-corrected chi connectivity index (χ2v) is 9.16. The van der Waals surface area contributed by atoms with Gasteiger partial charge in [0.1, 0.15) is 0 Å². The van der Waals surface area contributed by atoms with Crippen LogP contribution in [-0.4, -0.2) is 42.0 Å². The normalized spacial score (nSPS) is 11.3. The van der Waals surface area contributed by atoms with E-state index < -0.39 is 0 Å². The Morgan fingerprint density at radius 3 is 2.59 bits per heavy atom. The van der Waals surface area contributed by atoms with Crippen molar-refractivity contribution < 1.29 is 4.79 Å². The van der Waals surface area contributed by atoms with E-state index >= 15 is 0 Å². The minimum Gasteiger partial charge on any atom is -0.302 e. The summed E-state index contributed by atoms with van der Waals surface area (Å²) in [5.74, 6) is 0.00489. The fraction of sp³-hybridized carbons (Fsp3) is 0.300. The molecule has 0 fully saturated rings. The molecule has 0 unspecified atom stereocenters. The van der Waals surface area contributed by atoms with Crippen LogP contribution in [0.4, 0.5) is 5.13 Å². The van der Waals surface area contributed by atoms with Crippen molar-refractivity contribution in [2.75, 3.05) is 31.1 Å². The number of benzene rings is 2. The van der Waals surface area contributed by atoms with Gasteiger partial charge >= 0.3 is 0 Å². The summed E-state index contributed by atoms with van der Waals surface area (Å²) < 4.78 is 3.04. The summed E-state index contributed by atoms with van der Waals surface area (Å²) >= 11 is 7.29. The van der Waals surface area contributed by atoms with Gasteiger partial charge in [0, 0.05) is 21.1 Å². The van der Waals surface area contributed by atoms with Crippen molar-refractivity contribution in [3.63, 3.8) is 0 Å². The molecular formula is C20H21BrIN3OS. The molecule has 1 heterocycles. The van der Waals surface area contributed by atoms with E-state index in [2.05, 4.69) is 63.3 Å². The van der Waals surface area contributed by atoms with E-state index in [9.17, 15) is 4.79 Å². The Kier molecular flexibility index (Phi) is 7.24. The lowest BCUT2D eigenvalue weighted by Crippen LogP contribution is -2.39. The topological polar surface area (TPSA) is 36.4 Å². The minimum atomic E-state index is 0.00489. The van der Waals surface area contributed by atoms with Gasteiger partial charge in [0.2, 0.25) is 0 Å². The van der Waals surface area contributed by atoms with Crippen LogP contribution in [0.15, 0.2) is 46.9 Å². The number of hydrogen-bond acceptors (Lipinski definition) is 4. The number of halogens is 2. The summed E-state index contributed by atoms with van der Waals surface area (Å²) in [6, 6.07) is 13.7. The van der Waals surface area contributed by atoms with Crippen LogP contribution in [0.25, 0.3) is 10.2 Å². The summed E-state index contributed by atoms with van der Waals surface area (Å²) in [4.78, 5) is 22.2. The summed E-state index contributed by atoms with van der Waals surface area (Å²) in [5.41, 5.74) is 1.64. The fourth-order valence-electron chi connectivity index (χ4n) is 2.85. The van der Waals surface area contributed by atoms with Gasteiger partial charge in [-0.05, 0) is 66.0 Å². The molecule has 0 saturated heterocycles. The molecule has 0 radical (unpaired) electrons. The van der Waals surface area contributed by atoms with Gasteiger partial charge in [0.25, 0.3) is 5.91 Å². The molecule has 3 rings (SSSR count). The van der Waals surface area contributed by atoms with Crippen LogP contribution >= 0.6 is 49.9 Å². The van der Waals surface area contributed by atoms with Crippen LogP contribution in [0.3, 0.4) is 0 Å². The maximum atomic E-state index is 13.4. The Hall–Kier alpha value is -1.03. The Bertz CT molecular complexity index is 942. The average Bonchev–Trinajstić information content (AvgIpc) is 3.08. The van der Waals surface area contributed by atoms with Crippen LogP contribution in [-0.2, 0) is 0 Å². The number of carbonyl (C=O) groups is 1. The molecule has 0 N–H and O–H groups in total. The third kappa shape index (κ3) is 4.88. The molecule has 142 valence electrons. The van der Waals surface area contributed by atoms with Crippen molar-refractivity contribution >= 4 is 71.1 Å². The van der Waals surface area contributed by atoms with Crippen molar-refractivity contribution in [2.45, 2.75) is 13.8 Å². The van der Waals surface area contributed by atoms with Gasteiger partial charge in [-0.25, -0.2) is 4.98 Å². The van der Waals surface area contributed by atoms with Gasteiger partial charge in [-0.3, -0.25) is 9.69 Å². The first-order valence-corrected chi connectivity index (χ1v) is 11.6. The van der Waals surface area contributed by atoms with Gasteiger partial charge in [-0.2, -0.15) is 0 Å². The number of nitrogens with zero attached hydrogens (tertiary/aromatic N) is 3. The van der Waals surface area contributed by atoms with Crippen molar-refractivity contribution in [3.8, 4) is 0 Å². The van der Waals surface area contributed by atoms with E-state index in [1.165, 1.54) is 0 Å². The molecule has 0 atom stereocenters. The first-order valence-electron chi connectivity index (χ1n) is 8.88. The van der Waals surface area contributed by atoms with Crippen LogP contribution in [0.1, 0.15) is 24.2 Å². The predicted molar refractivity (Wildman–Crippen MR) is 126 cm³/mol. The zero-order valence-corrected chi connectivity index (χ0v) is 19.8. The Morgan fingerprint density at radius 1 is 1.15 bits per heavy atom. The predicted octanol–water partition coefficient (Wildman–Crippen LogP) is 5.65. The maximum Gasteiger partial charge on any atom is 0.261 e. The lowest BCUT2D eigenvalue weighted by Gasteiger charge is -2.25. The highest BCUT2D eigenvalue weighted by molar-refractivity contribution is 14.1. The lowest BCUT2D eigenvalue weighted by atomic mass is 10.2. The molecule has 0 saturated carbocycles. The second-order valence-electron chi connectivity index (χ2n) is 6.07. The third-order valence-electron chi connectivity index (χ3n) is 4.45. The van der Waals surface area contributed by atoms with Crippen molar-refractivity contribution in [2.24, 2.45) is 0 Å². The monoisotopic (exact) mass is 557 g/mol. The maximum absolute atomic E-state index is 13.4. The van der Waals surface area contributed by atoms with Gasteiger partial charge < -0.3 is 4.90 Å². The second kappa shape index (κ2) is 9.45. The number of carbonyl (C=O) groups excluding carboxylic acids is 1. The Morgan fingerprint density at radius 2 is 1.89 bits per heavy atom. The fourth-order valence-corrected chi connectivity index (χ4v) is 5.01. The van der Waals surface area contributed by atoms with E-state index in [-0.39, 0.29) is 5.91 Å². The van der Waals surface area contributed by atoms with E-state index in [1.54, 1.807) is 11.3 Å². The molecule has 0 bridgehead atoms. The van der Waals surface area contributed by atoms with Gasteiger partial charge in [0.05, 0.1) is 15.8 Å². The van der Waals surface area contributed by atoms with Crippen LogP contribution in [0.5, 0.6) is 0 Å². The zero-order chi connectivity index (χ0) is 19.4. The number of hydrogen-bond donors (Lipinski definition) is 0. The summed E-state index contributed by atoms with van der Waals surface area (Å²) in [7, 11) is 0. The number of fused-ring (bicyclic) bond motifs is 1. The molecule has 0 aliphatic heterocycles. The molecule has 1 aromatic heterocycles. The minimum absolute atomic E-state index is 0.00489. The molecule has 2 aromatic carbocycles. The van der Waals surface area contributed by atoms with Crippen molar-refractivity contribution in [1.82, 2.24) is 9.88 Å². The Balaban J connectivity index is 1.97. The summed E-state index contributed by atoms with van der Waals surface area (Å²) in [6.45, 7) is 7.66. The molecule has 3 aromatic rings. The largest absolute Gasteiger partial charge is 0.302 e. The highest BCUT2D eigenvalue weighted by Crippen LogP contribution is 2.32. The molecule has 4 nitrogen and oxygen atoms in total. The highest BCUT2D eigenvalue weighted by atomic mass is 127. The molecule has 0 aliphatic carbocycles. The lowest BCUT2D eigenvalue weighted by molar-refractivity contribution is 0.0983. The first kappa shape index (κ1) is 20.7. The average molecular weight is 558 g/mol. The number of anilines is 1. The zero-order valence-electron chi connectivity index (χ0n) is 15.3. The van der Waals surface area contributed by atoms with Crippen molar-refractivity contribution in [3.05, 3.63) is 56.1 Å².